The summed E-state index contributed by atoms with van der Waals surface area (Å²) in [5.41, 5.74) is 4.05. The van der Waals surface area contributed by atoms with Crippen molar-refractivity contribution in [3.8, 4) is 23.0 Å². The summed E-state index contributed by atoms with van der Waals surface area (Å²) >= 11 is 0. The Morgan fingerprint density at radius 1 is 1.12 bits per heavy atom. The summed E-state index contributed by atoms with van der Waals surface area (Å²) in [5, 5.41) is 12.6. The quantitative estimate of drug-likeness (QED) is 0.560. The van der Waals surface area contributed by atoms with Crippen LogP contribution < -0.4 is 0 Å². The van der Waals surface area contributed by atoms with Gasteiger partial charge in [0.1, 0.15) is 11.2 Å². The van der Waals surface area contributed by atoms with Crippen molar-refractivity contribution in [1.29, 1.82) is 0 Å². The van der Waals surface area contributed by atoms with Crippen LogP contribution in [0.2, 0.25) is 0 Å². The first-order valence-electron chi connectivity index (χ1n) is 8.36. The molecule has 0 aliphatic rings. The summed E-state index contributed by atoms with van der Waals surface area (Å²) < 4.78 is 7.28. The van der Waals surface area contributed by atoms with Crippen LogP contribution in [0.4, 0.5) is 0 Å². The lowest BCUT2D eigenvalue weighted by Gasteiger charge is -2.17. The van der Waals surface area contributed by atoms with E-state index in [2.05, 4.69) is 51.2 Å². The van der Waals surface area contributed by atoms with Crippen LogP contribution in [0.3, 0.4) is 0 Å². The highest BCUT2D eigenvalue weighted by Crippen LogP contribution is 2.25. The molecule has 1 aromatic carbocycles. The van der Waals surface area contributed by atoms with Gasteiger partial charge in [0.05, 0.1) is 11.2 Å². The SMILES string of the molecule is Cc1nccnc1-c1nc(-c2ccc3c(c2)nnn3CC(C)(C)C)no1. The summed E-state index contributed by atoms with van der Waals surface area (Å²) in [4.78, 5) is 12.9. The Bertz CT molecular complexity index is 1070. The molecule has 0 bridgehead atoms. The van der Waals surface area contributed by atoms with Gasteiger partial charge < -0.3 is 4.52 Å². The van der Waals surface area contributed by atoms with Crippen LogP contribution in [0.1, 0.15) is 26.5 Å². The molecule has 0 radical (unpaired) electrons. The molecule has 8 heteroatoms. The largest absolute Gasteiger partial charge is 0.332 e. The molecule has 0 atom stereocenters. The molecule has 0 spiro atoms. The first-order chi connectivity index (χ1) is 12.4. The van der Waals surface area contributed by atoms with E-state index >= 15 is 0 Å². The number of hydrogen-bond donors (Lipinski definition) is 0. The first kappa shape index (κ1) is 16.3. The van der Waals surface area contributed by atoms with E-state index in [1.165, 1.54) is 0 Å². The molecule has 0 N–H and O–H groups in total. The lowest BCUT2D eigenvalue weighted by atomic mass is 9.97. The van der Waals surface area contributed by atoms with Crippen LogP contribution in [0, 0.1) is 12.3 Å². The van der Waals surface area contributed by atoms with E-state index in [1.807, 2.05) is 29.8 Å². The van der Waals surface area contributed by atoms with E-state index in [0.717, 1.165) is 28.8 Å². The van der Waals surface area contributed by atoms with Gasteiger partial charge in [-0.1, -0.05) is 31.1 Å². The second-order valence-corrected chi connectivity index (χ2v) is 7.42. The average molecular weight is 349 g/mol. The number of rotatable bonds is 3. The Labute approximate surface area is 150 Å². The maximum absolute atomic E-state index is 5.36. The normalized spacial score (nSPS) is 12.0. The minimum atomic E-state index is 0.121. The minimum Gasteiger partial charge on any atom is -0.332 e. The number of hydrogen-bond acceptors (Lipinski definition) is 7. The maximum atomic E-state index is 5.36. The monoisotopic (exact) mass is 349 g/mol. The highest BCUT2D eigenvalue weighted by Gasteiger charge is 2.17. The fourth-order valence-corrected chi connectivity index (χ4v) is 2.73. The van der Waals surface area contributed by atoms with Crippen LogP contribution in [0.15, 0.2) is 35.1 Å². The number of aryl methyl sites for hydroxylation is 1. The van der Waals surface area contributed by atoms with E-state index in [9.17, 15) is 0 Å². The van der Waals surface area contributed by atoms with Crippen LogP contribution in [-0.2, 0) is 6.54 Å². The smallest absolute Gasteiger partial charge is 0.278 e. The number of aromatic nitrogens is 7. The molecule has 4 aromatic rings. The predicted molar refractivity (Wildman–Crippen MR) is 96.0 cm³/mol. The molecule has 0 fully saturated rings. The highest BCUT2D eigenvalue weighted by molar-refractivity contribution is 5.80. The molecular formula is C18H19N7O. The molecule has 8 nitrogen and oxygen atoms in total. The predicted octanol–water partition coefficient (Wildman–Crippen LogP) is 3.29. The van der Waals surface area contributed by atoms with E-state index in [4.69, 9.17) is 4.52 Å². The van der Waals surface area contributed by atoms with E-state index < -0.39 is 0 Å². The summed E-state index contributed by atoms with van der Waals surface area (Å²) in [6.07, 6.45) is 3.23. The van der Waals surface area contributed by atoms with Gasteiger partial charge in [-0.25, -0.2) is 9.67 Å². The number of fused-ring (bicyclic) bond motifs is 1. The van der Waals surface area contributed by atoms with E-state index in [0.29, 0.717) is 17.4 Å². The number of benzene rings is 1. The van der Waals surface area contributed by atoms with Crippen molar-refractivity contribution in [1.82, 2.24) is 35.1 Å². The molecule has 26 heavy (non-hydrogen) atoms. The molecule has 0 aliphatic carbocycles. The standard InChI is InChI=1S/C18H19N7O/c1-11-15(20-8-7-19-11)17-21-16(23-26-17)12-5-6-14-13(9-12)22-24-25(14)10-18(2,3)4/h5-9H,10H2,1-4H3. The van der Waals surface area contributed by atoms with Crippen LogP contribution in [0.25, 0.3) is 34.0 Å². The van der Waals surface area contributed by atoms with Gasteiger partial charge in [0, 0.05) is 24.5 Å². The topological polar surface area (TPSA) is 95.4 Å². The highest BCUT2D eigenvalue weighted by atomic mass is 16.5. The molecule has 0 saturated heterocycles. The van der Waals surface area contributed by atoms with Crippen molar-refractivity contribution in [3.05, 3.63) is 36.3 Å². The lowest BCUT2D eigenvalue weighted by molar-refractivity contribution is 0.327. The van der Waals surface area contributed by atoms with Crippen molar-refractivity contribution in [2.24, 2.45) is 5.41 Å². The molecule has 0 amide bonds. The molecule has 0 unspecified atom stereocenters. The van der Waals surface area contributed by atoms with Crippen molar-refractivity contribution >= 4 is 11.0 Å². The zero-order chi connectivity index (χ0) is 18.3. The number of nitrogens with zero attached hydrogens (tertiary/aromatic N) is 7. The van der Waals surface area contributed by atoms with Gasteiger partial charge in [0.25, 0.3) is 5.89 Å². The molecular weight excluding hydrogens is 330 g/mol. The average Bonchev–Trinajstić information content (AvgIpc) is 3.21. The van der Waals surface area contributed by atoms with Gasteiger partial charge in [0.15, 0.2) is 0 Å². The van der Waals surface area contributed by atoms with Gasteiger partial charge in [0.2, 0.25) is 5.82 Å². The lowest BCUT2D eigenvalue weighted by Crippen LogP contribution is -2.16. The third-order valence-corrected chi connectivity index (χ3v) is 3.91. The second-order valence-electron chi connectivity index (χ2n) is 7.42. The van der Waals surface area contributed by atoms with Crippen molar-refractivity contribution in [3.63, 3.8) is 0 Å². The third-order valence-electron chi connectivity index (χ3n) is 3.91. The fraction of sp³-hybridized carbons (Fsp3) is 0.333. The molecule has 0 saturated carbocycles. The Kier molecular flexibility index (Phi) is 3.75. The van der Waals surface area contributed by atoms with Crippen LogP contribution in [-0.4, -0.2) is 35.1 Å². The van der Waals surface area contributed by atoms with Crippen LogP contribution >= 0.6 is 0 Å². The third kappa shape index (κ3) is 3.05. The van der Waals surface area contributed by atoms with Crippen LogP contribution in [0.5, 0.6) is 0 Å². The van der Waals surface area contributed by atoms with Gasteiger partial charge in [-0.15, -0.1) is 5.10 Å². The summed E-state index contributed by atoms with van der Waals surface area (Å²) in [6.45, 7) is 9.16. The molecule has 0 aliphatic heterocycles. The Hall–Kier alpha value is -3.16. The summed E-state index contributed by atoms with van der Waals surface area (Å²) in [7, 11) is 0. The molecule has 132 valence electrons. The first-order valence-corrected chi connectivity index (χ1v) is 8.36. The Morgan fingerprint density at radius 3 is 2.69 bits per heavy atom. The molecule has 3 heterocycles. The second kappa shape index (κ2) is 5.98. The van der Waals surface area contributed by atoms with Gasteiger partial charge >= 0.3 is 0 Å². The van der Waals surface area contributed by atoms with E-state index in [-0.39, 0.29) is 5.41 Å². The van der Waals surface area contributed by atoms with Crippen molar-refractivity contribution < 1.29 is 4.52 Å². The van der Waals surface area contributed by atoms with Gasteiger partial charge in [-0.2, -0.15) is 4.98 Å². The minimum absolute atomic E-state index is 0.121. The summed E-state index contributed by atoms with van der Waals surface area (Å²) in [5.74, 6) is 0.833. The van der Waals surface area contributed by atoms with Gasteiger partial charge in [-0.3, -0.25) is 4.98 Å². The zero-order valence-electron chi connectivity index (χ0n) is 15.1. The molecule has 4 rings (SSSR count). The van der Waals surface area contributed by atoms with Gasteiger partial charge in [-0.05, 0) is 30.5 Å². The maximum Gasteiger partial charge on any atom is 0.278 e. The Morgan fingerprint density at radius 2 is 1.92 bits per heavy atom. The molecule has 3 aromatic heterocycles. The summed E-state index contributed by atoms with van der Waals surface area (Å²) in [6, 6.07) is 5.85. The fourth-order valence-electron chi connectivity index (χ4n) is 2.73. The van der Waals surface area contributed by atoms with E-state index in [1.54, 1.807) is 12.4 Å². The van der Waals surface area contributed by atoms with Crippen molar-refractivity contribution in [2.75, 3.05) is 0 Å². The Balaban J connectivity index is 1.69. The van der Waals surface area contributed by atoms with Crippen molar-refractivity contribution in [2.45, 2.75) is 34.2 Å². The zero-order valence-corrected chi connectivity index (χ0v) is 15.1.